The summed E-state index contributed by atoms with van der Waals surface area (Å²) < 4.78 is 31.8. The maximum atomic E-state index is 12.9. The summed E-state index contributed by atoms with van der Waals surface area (Å²) in [5.41, 5.74) is 9.55. The van der Waals surface area contributed by atoms with Gasteiger partial charge in [-0.1, -0.05) is 23.7 Å². The van der Waals surface area contributed by atoms with E-state index in [9.17, 15) is 13.6 Å². The molecule has 0 saturated heterocycles. The van der Waals surface area contributed by atoms with Crippen LogP contribution in [0.5, 0.6) is 5.75 Å². The molecule has 162 valence electrons. The van der Waals surface area contributed by atoms with Crippen LogP contribution in [0.2, 0.25) is 5.02 Å². The number of carbonyl (C=O) groups excluding carboxylic acids is 1. The lowest BCUT2D eigenvalue weighted by atomic mass is 9.91. The predicted octanol–water partition coefficient (Wildman–Crippen LogP) is 4.50. The van der Waals surface area contributed by atoms with Crippen LogP contribution in [-0.2, 0) is 7.05 Å². The van der Waals surface area contributed by atoms with Crippen molar-refractivity contribution in [3.63, 3.8) is 0 Å². The minimum Gasteiger partial charge on any atom is -0.447 e. The Bertz CT molecular complexity index is 1310. The lowest BCUT2D eigenvalue weighted by Gasteiger charge is -2.17. The highest BCUT2D eigenvalue weighted by molar-refractivity contribution is 6.31. The van der Waals surface area contributed by atoms with Crippen LogP contribution < -0.4 is 10.5 Å². The number of ketones is 1. The topological polar surface area (TPSA) is 86.9 Å². The normalized spacial score (nSPS) is 13.0. The van der Waals surface area contributed by atoms with Gasteiger partial charge in [-0.2, -0.15) is 13.9 Å². The third-order valence-electron chi connectivity index (χ3n) is 5.11. The number of nitrogens with two attached hydrogens (primary N) is 1. The molecule has 0 aliphatic carbocycles. The second-order valence-electron chi connectivity index (χ2n) is 6.97. The number of nitrogens with zero attached hydrogens (tertiary/aromatic N) is 4. The molecule has 32 heavy (non-hydrogen) atoms. The van der Waals surface area contributed by atoms with Crippen LogP contribution >= 0.6 is 11.6 Å². The number of aryl methyl sites for hydroxylation is 1. The van der Waals surface area contributed by atoms with E-state index in [2.05, 4.69) is 19.7 Å². The Balaban J connectivity index is 1.93. The second-order valence-corrected chi connectivity index (χ2v) is 7.41. The van der Waals surface area contributed by atoms with Crippen molar-refractivity contribution in [3.05, 3.63) is 64.1 Å². The molecule has 1 aliphatic heterocycles. The molecule has 0 fully saturated rings. The van der Waals surface area contributed by atoms with Crippen LogP contribution in [0.1, 0.15) is 15.9 Å². The Kier molecular flexibility index (Phi) is 5.74. The summed E-state index contributed by atoms with van der Waals surface area (Å²) in [5, 5.41) is 4.42. The zero-order chi connectivity index (χ0) is 23.0. The highest BCUT2D eigenvalue weighted by Gasteiger charge is 2.24. The van der Waals surface area contributed by atoms with E-state index in [1.807, 2.05) is 0 Å². The fraction of sp³-hybridized carbons (Fsp3) is 0.182. The van der Waals surface area contributed by atoms with E-state index in [-0.39, 0.29) is 35.3 Å². The molecule has 10 heteroatoms. The molecule has 0 saturated carbocycles. The summed E-state index contributed by atoms with van der Waals surface area (Å²) in [6.45, 7) is 4.67. The largest absolute Gasteiger partial charge is 0.447 e. The molecule has 7 nitrogen and oxygen atoms in total. The number of hydrogen-bond acceptors (Lipinski definition) is 5. The van der Waals surface area contributed by atoms with E-state index < -0.39 is 6.61 Å². The average Bonchev–Trinajstić information content (AvgIpc) is 3.14. The van der Waals surface area contributed by atoms with E-state index in [0.29, 0.717) is 39.2 Å². The van der Waals surface area contributed by atoms with Crippen LogP contribution in [0.25, 0.3) is 27.2 Å². The van der Waals surface area contributed by atoms with Gasteiger partial charge in [-0.3, -0.25) is 14.5 Å². The number of Topliss-reactive ketones (excluding diaryl/α,β-unsaturated/α-hetero) is 1. The molecule has 2 aromatic carbocycles. The summed E-state index contributed by atoms with van der Waals surface area (Å²) in [4.78, 5) is 19.9. The Morgan fingerprint density at radius 1 is 1.25 bits per heavy atom. The van der Waals surface area contributed by atoms with Crippen molar-refractivity contribution in [3.8, 4) is 28.1 Å². The number of carbonyl (C=O) groups is 1. The fourth-order valence-corrected chi connectivity index (χ4v) is 3.94. The third kappa shape index (κ3) is 3.75. The molecule has 1 aliphatic rings. The highest BCUT2D eigenvalue weighted by atomic mass is 35.5. The minimum absolute atomic E-state index is 0.0564. The van der Waals surface area contributed by atoms with E-state index in [1.54, 1.807) is 31.4 Å². The van der Waals surface area contributed by atoms with Gasteiger partial charge in [-0.05, 0) is 23.8 Å². The summed E-state index contributed by atoms with van der Waals surface area (Å²) in [6, 6.07) is 7.93. The van der Waals surface area contributed by atoms with Gasteiger partial charge in [0.05, 0.1) is 24.2 Å². The number of fused-ring (bicyclic) bond motifs is 1. The van der Waals surface area contributed by atoms with Gasteiger partial charge in [-0.25, -0.2) is 4.85 Å². The highest BCUT2D eigenvalue weighted by Crippen LogP contribution is 2.44. The van der Waals surface area contributed by atoms with Crippen molar-refractivity contribution in [1.29, 1.82) is 0 Å². The smallest absolute Gasteiger partial charge is 0.386 e. The molecule has 2 heterocycles. The monoisotopic (exact) mass is 455 g/mol. The Hall–Kier alpha value is -3.61. The van der Waals surface area contributed by atoms with Crippen molar-refractivity contribution in [2.24, 2.45) is 17.8 Å². The molecule has 3 aromatic rings. The maximum Gasteiger partial charge on any atom is 0.386 e. The standard InChI is InChI=1S/C22H16ClF2N5O2/c1-27-20-15(6-12(23)7-19(20)32-22(24)25)21-16(9-29-30(21)2)11-3-4-13-14(5-11)17(8-26)28-10-18(13)31/h3-7,9,22H,8,10,26H2,2H3. The van der Waals surface area contributed by atoms with Crippen LogP contribution in [-0.4, -0.2) is 41.0 Å². The van der Waals surface area contributed by atoms with Gasteiger partial charge in [0, 0.05) is 40.9 Å². The first-order valence-corrected chi connectivity index (χ1v) is 9.81. The van der Waals surface area contributed by atoms with Crippen LogP contribution in [0, 0.1) is 6.57 Å². The zero-order valence-corrected chi connectivity index (χ0v) is 17.5. The first kappa shape index (κ1) is 21.6. The maximum absolute atomic E-state index is 12.9. The number of aliphatic imine (C=N–C) groups is 1. The molecule has 0 spiro atoms. The summed E-state index contributed by atoms with van der Waals surface area (Å²) >= 11 is 6.15. The molecule has 0 unspecified atom stereocenters. The number of benzene rings is 2. The molecular formula is C22H16ClF2N5O2. The van der Waals surface area contributed by atoms with Crippen molar-refractivity contribution < 1.29 is 18.3 Å². The second kappa shape index (κ2) is 8.49. The summed E-state index contributed by atoms with van der Waals surface area (Å²) in [5.74, 6) is -0.424. The van der Waals surface area contributed by atoms with Crippen LogP contribution in [0.4, 0.5) is 14.5 Å². The first-order chi connectivity index (χ1) is 15.3. The number of aromatic nitrogens is 2. The fourth-order valence-electron chi connectivity index (χ4n) is 3.73. The number of ether oxygens (including phenoxy) is 1. The van der Waals surface area contributed by atoms with Crippen molar-refractivity contribution in [2.75, 3.05) is 13.1 Å². The Morgan fingerprint density at radius 3 is 2.72 bits per heavy atom. The number of hydrogen-bond donors (Lipinski definition) is 1. The van der Waals surface area contributed by atoms with Gasteiger partial charge in [0.15, 0.2) is 5.78 Å². The Morgan fingerprint density at radius 2 is 2.03 bits per heavy atom. The number of alkyl halides is 2. The molecule has 0 bridgehead atoms. The minimum atomic E-state index is -3.11. The van der Waals surface area contributed by atoms with Gasteiger partial charge in [-0.15, -0.1) is 0 Å². The van der Waals surface area contributed by atoms with Crippen LogP contribution in [0.15, 0.2) is 41.5 Å². The lowest BCUT2D eigenvalue weighted by Crippen LogP contribution is -2.24. The quantitative estimate of drug-likeness (QED) is 0.574. The van der Waals surface area contributed by atoms with Crippen molar-refractivity contribution in [1.82, 2.24) is 9.78 Å². The van der Waals surface area contributed by atoms with Gasteiger partial charge in [0.1, 0.15) is 12.3 Å². The van der Waals surface area contributed by atoms with E-state index in [0.717, 1.165) is 0 Å². The molecule has 2 N–H and O–H groups in total. The predicted molar refractivity (Wildman–Crippen MR) is 117 cm³/mol. The van der Waals surface area contributed by atoms with Gasteiger partial charge < -0.3 is 10.5 Å². The third-order valence-corrected chi connectivity index (χ3v) is 5.33. The van der Waals surface area contributed by atoms with E-state index in [1.165, 1.54) is 16.8 Å². The lowest BCUT2D eigenvalue weighted by molar-refractivity contribution is -0.0492. The molecule has 0 amide bonds. The Labute approximate surface area is 186 Å². The van der Waals surface area contributed by atoms with Gasteiger partial charge in [0.2, 0.25) is 5.69 Å². The molecule has 1 aromatic heterocycles. The average molecular weight is 456 g/mol. The summed E-state index contributed by atoms with van der Waals surface area (Å²) in [6.07, 6.45) is 1.59. The van der Waals surface area contributed by atoms with Crippen molar-refractivity contribution >= 4 is 28.8 Å². The van der Waals surface area contributed by atoms with Crippen molar-refractivity contribution in [2.45, 2.75) is 6.61 Å². The van der Waals surface area contributed by atoms with E-state index >= 15 is 0 Å². The van der Waals surface area contributed by atoms with E-state index in [4.69, 9.17) is 23.9 Å². The first-order valence-electron chi connectivity index (χ1n) is 9.43. The molecule has 4 rings (SSSR count). The number of rotatable bonds is 5. The zero-order valence-electron chi connectivity index (χ0n) is 16.8. The van der Waals surface area contributed by atoms with Crippen LogP contribution in [0.3, 0.4) is 0 Å². The SMILES string of the molecule is [C-]#[N+]c1c(OC(F)F)cc(Cl)cc1-c1c(-c2ccc3c(c2)C(CN)=NCC3=O)cnn1C. The molecule has 0 atom stereocenters. The molecular weight excluding hydrogens is 440 g/mol. The van der Waals surface area contributed by atoms with Gasteiger partial charge in [0.25, 0.3) is 0 Å². The summed E-state index contributed by atoms with van der Waals surface area (Å²) in [7, 11) is 1.66. The van der Waals surface area contributed by atoms with Gasteiger partial charge >= 0.3 is 6.61 Å². The molecule has 0 radical (unpaired) electrons. The number of halogens is 3.